The minimum absolute atomic E-state index is 0.00416. The largest absolute Gasteiger partial charge is 0.494 e. The highest BCUT2D eigenvalue weighted by atomic mass is 79.9. The SMILES string of the molecule is CCCCOc1ccc(C2CC(C(=O)NCc3cccc(Br)c3)NN2)cc1. The molecule has 5 nitrogen and oxygen atoms in total. The van der Waals surface area contributed by atoms with Crippen LogP contribution in [0.15, 0.2) is 53.0 Å². The monoisotopic (exact) mass is 431 g/mol. The van der Waals surface area contributed by atoms with Crippen LogP contribution in [0.3, 0.4) is 0 Å². The Morgan fingerprint density at radius 1 is 1.22 bits per heavy atom. The standard InChI is InChI=1S/C21H26BrN3O2/c1-2-3-11-27-18-9-7-16(8-10-18)19-13-20(25-24-19)21(26)23-14-15-5-4-6-17(22)12-15/h4-10,12,19-20,24-25H,2-3,11,13-14H2,1H3,(H,23,26). The average Bonchev–Trinajstić information content (AvgIpc) is 3.17. The Hall–Kier alpha value is -1.89. The lowest BCUT2D eigenvalue weighted by molar-refractivity contribution is -0.123. The molecule has 0 aromatic heterocycles. The lowest BCUT2D eigenvalue weighted by atomic mass is 10.0. The number of benzene rings is 2. The zero-order valence-corrected chi connectivity index (χ0v) is 17.1. The Morgan fingerprint density at radius 3 is 2.78 bits per heavy atom. The van der Waals surface area contributed by atoms with E-state index in [0.29, 0.717) is 13.0 Å². The number of hydrazine groups is 1. The number of carbonyl (C=O) groups excluding carboxylic acids is 1. The van der Waals surface area contributed by atoms with Crippen molar-refractivity contribution in [1.82, 2.24) is 16.2 Å². The minimum Gasteiger partial charge on any atom is -0.494 e. The van der Waals surface area contributed by atoms with Gasteiger partial charge in [0.1, 0.15) is 11.8 Å². The molecule has 1 heterocycles. The van der Waals surface area contributed by atoms with E-state index in [2.05, 4.69) is 51.2 Å². The van der Waals surface area contributed by atoms with E-state index in [0.717, 1.165) is 40.8 Å². The number of amides is 1. The summed E-state index contributed by atoms with van der Waals surface area (Å²) in [4.78, 5) is 12.4. The molecule has 0 bridgehead atoms. The van der Waals surface area contributed by atoms with Crippen molar-refractivity contribution in [2.45, 2.75) is 44.8 Å². The van der Waals surface area contributed by atoms with Crippen LogP contribution in [-0.4, -0.2) is 18.6 Å². The second-order valence-electron chi connectivity index (χ2n) is 6.75. The van der Waals surface area contributed by atoms with Crippen molar-refractivity contribution in [3.63, 3.8) is 0 Å². The normalized spacial score (nSPS) is 19.0. The van der Waals surface area contributed by atoms with Gasteiger partial charge in [0, 0.05) is 17.1 Å². The van der Waals surface area contributed by atoms with E-state index in [1.807, 2.05) is 36.4 Å². The van der Waals surface area contributed by atoms with E-state index in [1.54, 1.807) is 0 Å². The molecule has 2 aromatic rings. The van der Waals surface area contributed by atoms with Gasteiger partial charge in [-0.1, -0.05) is 53.5 Å². The lowest BCUT2D eigenvalue weighted by Crippen LogP contribution is -2.42. The fourth-order valence-electron chi connectivity index (χ4n) is 3.04. The fraction of sp³-hybridized carbons (Fsp3) is 0.381. The Morgan fingerprint density at radius 2 is 2.04 bits per heavy atom. The fourth-order valence-corrected chi connectivity index (χ4v) is 3.48. The van der Waals surface area contributed by atoms with Crippen LogP contribution in [0.1, 0.15) is 43.4 Å². The molecule has 2 unspecified atom stereocenters. The summed E-state index contributed by atoms with van der Waals surface area (Å²) in [5.74, 6) is 0.894. The number of ether oxygens (including phenoxy) is 1. The van der Waals surface area contributed by atoms with Crippen molar-refractivity contribution >= 4 is 21.8 Å². The number of hydrogen-bond donors (Lipinski definition) is 3. The van der Waals surface area contributed by atoms with Crippen LogP contribution in [0.2, 0.25) is 0 Å². The zero-order chi connectivity index (χ0) is 19.1. The van der Waals surface area contributed by atoms with E-state index in [4.69, 9.17) is 4.74 Å². The summed E-state index contributed by atoms with van der Waals surface area (Å²) in [6.45, 7) is 3.42. The lowest BCUT2D eigenvalue weighted by Gasteiger charge is -2.12. The molecule has 1 fully saturated rings. The number of unbranched alkanes of at least 4 members (excludes halogenated alkanes) is 1. The van der Waals surface area contributed by atoms with Crippen LogP contribution in [0.4, 0.5) is 0 Å². The van der Waals surface area contributed by atoms with Gasteiger partial charge in [0.15, 0.2) is 0 Å². The summed E-state index contributed by atoms with van der Waals surface area (Å²) in [5, 5.41) is 3.00. The molecule has 2 aromatic carbocycles. The molecular formula is C21H26BrN3O2. The minimum atomic E-state index is -0.248. The molecule has 3 rings (SSSR count). The van der Waals surface area contributed by atoms with Gasteiger partial charge in [-0.25, -0.2) is 10.9 Å². The molecule has 0 saturated carbocycles. The molecule has 1 aliphatic rings. The molecular weight excluding hydrogens is 406 g/mol. The molecule has 144 valence electrons. The quantitative estimate of drug-likeness (QED) is 0.555. The number of halogens is 1. The van der Waals surface area contributed by atoms with Gasteiger partial charge in [0.25, 0.3) is 0 Å². The maximum atomic E-state index is 12.4. The van der Waals surface area contributed by atoms with Gasteiger partial charge in [-0.3, -0.25) is 4.79 Å². The van der Waals surface area contributed by atoms with E-state index < -0.39 is 0 Å². The first-order valence-corrected chi connectivity index (χ1v) is 10.2. The van der Waals surface area contributed by atoms with Gasteiger partial charge in [-0.2, -0.15) is 0 Å². The van der Waals surface area contributed by atoms with Crippen LogP contribution < -0.4 is 20.9 Å². The molecule has 0 aliphatic carbocycles. The third kappa shape index (κ3) is 5.79. The molecule has 1 saturated heterocycles. The molecule has 2 atom stereocenters. The molecule has 3 N–H and O–H groups in total. The van der Waals surface area contributed by atoms with Crippen LogP contribution in [-0.2, 0) is 11.3 Å². The molecule has 1 amide bonds. The van der Waals surface area contributed by atoms with E-state index in [9.17, 15) is 4.79 Å². The number of carbonyl (C=O) groups is 1. The van der Waals surface area contributed by atoms with Crippen molar-refractivity contribution in [3.8, 4) is 5.75 Å². The van der Waals surface area contributed by atoms with Gasteiger partial charge in [0.05, 0.1) is 6.61 Å². The first kappa shape index (κ1) is 19.9. The highest BCUT2D eigenvalue weighted by molar-refractivity contribution is 9.10. The first-order chi connectivity index (χ1) is 13.2. The molecule has 6 heteroatoms. The maximum Gasteiger partial charge on any atom is 0.238 e. The third-order valence-corrected chi connectivity index (χ3v) is 5.12. The summed E-state index contributed by atoms with van der Waals surface area (Å²) >= 11 is 3.45. The van der Waals surface area contributed by atoms with Crippen molar-refractivity contribution in [2.24, 2.45) is 0 Å². The van der Waals surface area contributed by atoms with Gasteiger partial charge in [0.2, 0.25) is 5.91 Å². The third-order valence-electron chi connectivity index (χ3n) is 4.62. The second-order valence-corrected chi connectivity index (χ2v) is 7.66. The van der Waals surface area contributed by atoms with Crippen molar-refractivity contribution in [1.29, 1.82) is 0 Å². The summed E-state index contributed by atoms with van der Waals surface area (Å²) in [5.41, 5.74) is 8.54. The summed E-state index contributed by atoms with van der Waals surface area (Å²) in [7, 11) is 0. The number of hydrogen-bond acceptors (Lipinski definition) is 4. The zero-order valence-electron chi connectivity index (χ0n) is 15.5. The predicted molar refractivity (Wildman–Crippen MR) is 110 cm³/mol. The van der Waals surface area contributed by atoms with Crippen molar-refractivity contribution in [2.75, 3.05) is 6.61 Å². The van der Waals surface area contributed by atoms with Gasteiger partial charge in [-0.05, 0) is 48.2 Å². The Bertz CT molecular complexity index is 751. The van der Waals surface area contributed by atoms with Gasteiger partial charge >= 0.3 is 0 Å². The smallest absolute Gasteiger partial charge is 0.238 e. The van der Waals surface area contributed by atoms with Gasteiger partial charge in [-0.15, -0.1) is 0 Å². The summed E-state index contributed by atoms with van der Waals surface area (Å²) in [6, 6.07) is 15.9. The highest BCUT2D eigenvalue weighted by Gasteiger charge is 2.29. The van der Waals surface area contributed by atoms with E-state index in [-0.39, 0.29) is 18.0 Å². The van der Waals surface area contributed by atoms with E-state index in [1.165, 1.54) is 0 Å². The highest BCUT2D eigenvalue weighted by Crippen LogP contribution is 2.24. The Kier molecular flexibility index (Phi) is 7.26. The summed E-state index contributed by atoms with van der Waals surface area (Å²) < 4.78 is 6.71. The summed E-state index contributed by atoms with van der Waals surface area (Å²) in [6.07, 6.45) is 2.90. The number of rotatable bonds is 8. The van der Waals surface area contributed by atoms with Crippen molar-refractivity contribution in [3.05, 3.63) is 64.1 Å². The predicted octanol–water partition coefficient (Wildman–Crippen LogP) is 3.85. The van der Waals surface area contributed by atoms with Crippen LogP contribution in [0.25, 0.3) is 0 Å². The average molecular weight is 432 g/mol. The van der Waals surface area contributed by atoms with Crippen LogP contribution in [0.5, 0.6) is 5.75 Å². The van der Waals surface area contributed by atoms with E-state index >= 15 is 0 Å². The number of nitrogens with one attached hydrogen (secondary N) is 3. The second kappa shape index (κ2) is 9.88. The molecule has 1 aliphatic heterocycles. The maximum absolute atomic E-state index is 12.4. The van der Waals surface area contributed by atoms with Crippen LogP contribution >= 0.6 is 15.9 Å². The van der Waals surface area contributed by atoms with Crippen molar-refractivity contribution < 1.29 is 9.53 Å². The Labute approximate surface area is 169 Å². The topological polar surface area (TPSA) is 62.4 Å². The molecule has 0 radical (unpaired) electrons. The molecule has 27 heavy (non-hydrogen) atoms. The van der Waals surface area contributed by atoms with Crippen LogP contribution in [0, 0.1) is 0 Å². The molecule has 0 spiro atoms. The van der Waals surface area contributed by atoms with Gasteiger partial charge < -0.3 is 10.1 Å². The first-order valence-electron chi connectivity index (χ1n) is 9.41. The Balaban J connectivity index is 1.48.